The molecule has 0 spiro atoms. The Kier molecular flexibility index (Phi) is 5.78. The molecule has 0 aromatic heterocycles. The molecule has 18 heavy (non-hydrogen) atoms. The standard InChI is InChI=1S/C13H19ClN2O2/c1-9(2)16-13(17)15-7-6-10-8-11(14)4-5-12(10)18-3/h4-5,8-9H,6-7H2,1-3H3,(H2,15,16,17). The van der Waals surface area contributed by atoms with Crippen LogP contribution in [0.1, 0.15) is 19.4 Å². The number of hydrogen-bond acceptors (Lipinski definition) is 2. The predicted molar refractivity (Wildman–Crippen MR) is 73.4 cm³/mol. The molecular formula is C13H19ClN2O2. The number of methoxy groups -OCH3 is 1. The molecule has 1 aromatic rings. The second-order valence-corrected chi connectivity index (χ2v) is 4.70. The Bertz CT molecular complexity index is 408. The highest BCUT2D eigenvalue weighted by Gasteiger charge is 2.05. The van der Waals surface area contributed by atoms with Crippen LogP contribution in [0.5, 0.6) is 5.75 Å². The molecule has 0 atom stereocenters. The summed E-state index contributed by atoms with van der Waals surface area (Å²) in [5.74, 6) is 0.783. The number of rotatable bonds is 5. The maximum Gasteiger partial charge on any atom is 0.314 e. The van der Waals surface area contributed by atoms with Crippen molar-refractivity contribution in [3.05, 3.63) is 28.8 Å². The first kappa shape index (κ1) is 14.6. The van der Waals surface area contributed by atoms with Crippen LogP contribution in [0.15, 0.2) is 18.2 Å². The largest absolute Gasteiger partial charge is 0.496 e. The zero-order chi connectivity index (χ0) is 13.5. The summed E-state index contributed by atoms with van der Waals surface area (Å²) in [4.78, 5) is 11.4. The number of carbonyl (C=O) groups is 1. The Hall–Kier alpha value is -1.42. The molecular weight excluding hydrogens is 252 g/mol. The SMILES string of the molecule is COc1ccc(Cl)cc1CCNC(=O)NC(C)C. The zero-order valence-electron chi connectivity index (χ0n) is 10.9. The molecule has 0 saturated carbocycles. The van der Waals surface area contributed by atoms with E-state index >= 15 is 0 Å². The maximum atomic E-state index is 11.4. The molecule has 0 fully saturated rings. The van der Waals surface area contributed by atoms with Gasteiger partial charge in [0.05, 0.1) is 7.11 Å². The first-order chi connectivity index (χ1) is 8.52. The highest BCUT2D eigenvalue weighted by molar-refractivity contribution is 6.30. The van der Waals surface area contributed by atoms with Crippen molar-refractivity contribution in [2.75, 3.05) is 13.7 Å². The van der Waals surface area contributed by atoms with Gasteiger partial charge in [-0.05, 0) is 44.0 Å². The molecule has 0 heterocycles. The summed E-state index contributed by atoms with van der Waals surface area (Å²) in [6.07, 6.45) is 0.676. The Morgan fingerprint density at radius 2 is 2.17 bits per heavy atom. The number of benzene rings is 1. The van der Waals surface area contributed by atoms with Gasteiger partial charge in [-0.3, -0.25) is 0 Å². The number of halogens is 1. The van der Waals surface area contributed by atoms with Gasteiger partial charge in [0, 0.05) is 17.6 Å². The van der Waals surface area contributed by atoms with E-state index in [0.29, 0.717) is 18.0 Å². The number of hydrogen-bond donors (Lipinski definition) is 2. The van der Waals surface area contributed by atoms with Crippen LogP contribution in [0.25, 0.3) is 0 Å². The Labute approximate surface area is 113 Å². The van der Waals surface area contributed by atoms with Gasteiger partial charge in [0.1, 0.15) is 5.75 Å². The van der Waals surface area contributed by atoms with Crippen molar-refractivity contribution in [3.8, 4) is 5.75 Å². The van der Waals surface area contributed by atoms with Gasteiger partial charge in [-0.2, -0.15) is 0 Å². The number of amides is 2. The van der Waals surface area contributed by atoms with E-state index in [-0.39, 0.29) is 12.1 Å². The molecule has 2 N–H and O–H groups in total. The van der Waals surface area contributed by atoms with E-state index in [1.165, 1.54) is 0 Å². The van der Waals surface area contributed by atoms with Crippen LogP contribution < -0.4 is 15.4 Å². The molecule has 0 aliphatic heterocycles. The van der Waals surface area contributed by atoms with Crippen molar-refractivity contribution in [2.24, 2.45) is 0 Å². The van der Waals surface area contributed by atoms with Gasteiger partial charge in [0.15, 0.2) is 0 Å². The van der Waals surface area contributed by atoms with Crippen LogP contribution >= 0.6 is 11.6 Å². The average Bonchev–Trinajstić information content (AvgIpc) is 2.28. The second-order valence-electron chi connectivity index (χ2n) is 4.26. The highest BCUT2D eigenvalue weighted by Crippen LogP contribution is 2.22. The fourth-order valence-electron chi connectivity index (χ4n) is 1.57. The lowest BCUT2D eigenvalue weighted by atomic mass is 10.1. The topological polar surface area (TPSA) is 50.4 Å². The van der Waals surface area contributed by atoms with Gasteiger partial charge in [-0.1, -0.05) is 11.6 Å². The molecule has 0 saturated heterocycles. The summed E-state index contributed by atoms with van der Waals surface area (Å²) in [6, 6.07) is 5.42. The lowest BCUT2D eigenvalue weighted by Crippen LogP contribution is -2.40. The maximum absolute atomic E-state index is 11.4. The number of nitrogens with one attached hydrogen (secondary N) is 2. The Balaban J connectivity index is 2.48. The van der Waals surface area contributed by atoms with Gasteiger partial charge in [-0.15, -0.1) is 0 Å². The molecule has 0 unspecified atom stereocenters. The van der Waals surface area contributed by atoms with Gasteiger partial charge in [-0.25, -0.2) is 4.79 Å². The van der Waals surface area contributed by atoms with Gasteiger partial charge < -0.3 is 15.4 Å². The third kappa shape index (κ3) is 4.84. The van der Waals surface area contributed by atoms with Crippen LogP contribution in [0.2, 0.25) is 5.02 Å². The number of carbonyl (C=O) groups excluding carboxylic acids is 1. The second kappa shape index (κ2) is 7.11. The van der Waals surface area contributed by atoms with Crippen molar-refractivity contribution in [1.82, 2.24) is 10.6 Å². The van der Waals surface area contributed by atoms with Gasteiger partial charge in [0.25, 0.3) is 0 Å². The van der Waals surface area contributed by atoms with E-state index < -0.39 is 0 Å². The molecule has 0 bridgehead atoms. The third-order valence-electron chi connectivity index (χ3n) is 2.34. The first-order valence-electron chi connectivity index (χ1n) is 5.89. The molecule has 1 rings (SSSR count). The normalized spacial score (nSPS) is 10.3. The minimum atomic E-state index is -0.161. The first-order valence-corrected chi connectivity index (χ1v) is 6.27. The summed E-state index contributed by atoms with van der Waals surface area (Å²) in [7, 11) is 1.62. The summed E-state index contributed by atoms with van der Waals surface area (Å²) in [5, 5.41) is 6.21. The summed E-state index contributed by atoms with van der Waals surface area (Å²) < 4.78 is 5.24. The van der Waals surface area contributed by atoms with Crippen LogP contribution in [-0.4, -0.2) is 25.7 Å². The van der Waals surface area contributed by atoms with E-state index in [4.69, 9.17) is 16.3 Å². The predicted octanol–water partition coefficient (Wildman–Crippen LogP) is 2.60. The van der Waals surface area contributed by atoms with Crippen molar-refractivity contribution in [2.45, 2.75) is 26.3 Å². The number of ether oxygens (including phenoxy) is 1. The van der Waals surface area contributed by atoms with Crippen LogP contribution in [-0.2, 0) is 6.42 Å². The lowest BCUT2D eigenvalue weighted by molar-refractivity contribution is 0.238. The van der Waals surface area contributed by atoms with Crippen LogP contribution in [0.4, 0.5) is 4.79 Å². The lowest BCUT2D eigenvalue weighted by Gasteiger charge is -2.11. The minimum Gasteiger partial charge on any atom is -0.496 e. The monoisotopic (exact) mass is 270 g/mol. The number of urea groups is 1. The van der Waals surface area contributed by atoms with E-state index in [9.17, 15) is 4.79 Å². The molecule has 4 nitrogen and oxygen atoms in total. The molecule has 1 aromatic carbocycles. The fraction of sp³-hybridized carbons (Fsp3) is 0.462. The summed E-state index contributed by atoms with van der Waals surface area (Å²) in [5.41, 5.74) is 0.981. The highest BCUT2D eigenvalue weighted by atomic mass is 35.5. The molecule has 5 heteroatoms. The van der Waals surface area contributed by atoms with E-state index in [0.717, 1.165) is 11.3 Å². The summed E-state index contributed by atoms with van der Waals surface area (Å²) in [6.45, 7) is 4.37. The van der Waals surface area contributed by atoms with Crippen molar-refractivity contribution in [1.29, 1.82) is 0 Å². The molecule has 0 aliphatic carbocycles. The van der Waals surface area contributed by atoms with E-state index in [1.807, 2.05) is 26.0 Å². The van der Waals surface area contributed by atoms with E-state index in [1.54, 1.807) is 13.2 Å². The van der Waals surface area contributed by atoms with Crippen molar-refractivity contribution in [3.63, 3.8) is 0 Å². The molecule has 0 aliphatic rings. The Morgan fingerprint density at radius 3 is 2.78 bits per heavy atom. The average molecular weight is 271 g/mol. The van der Waals surface area contributed by atoms with Crippen molar-refractivity contribution >= 4 is 17.6 Å². The van der Waals surface area contributed by atoms with Crippen LogP contribution in [0, 0.1) is 0 Å². The smallest absolute Gasteiger partial charge is 0.314 e. The summed E-state index contributed by atoms with van der Waals surface area (Å²) >= 11 is 5.93. The zero-order valence-corrected chi connectivity index (χ0v) is 11.7. The Morgan fingerprint density at radius 1 is 1.44 bits per heavy atom. The fourth-order valence-corrected chi connectivity index (χ4v) is 1.76. The quantitative estimate of drug-likeness (QED) is 0.864. The van der Waals surface area contributed by atoms with Crippen molar-refractivity contribution < 1.29 is 9.53 Å². The molecule has 2 amide bonds. The van der Waals surface area contributed by atoms with Crippen LogP contribution in [0.3, 0.4) is 0 Å². The van der Waals surface area contributed by atoms with Gasteiger partial charge >= 0.3 is 6.03 Å². The molecule has 0 radical (unpaired) electrons. The van der Waals surface area contributed by atoms with Gasteiger partial charge in [0.2, 0.25) is 0 Å². The van der Waals surface area contributed by atoms with E-state index in [2.05, 4.69) is 10.6 Å². The minimum absolute atomic E-state index is 0.130. The third-order valence-corrected chi connectivity index (χ3v) is 2.58. The molecule has 100 valence electrons.